The number of carbonyl (C=O) groups excluding carboxylic acids is 1. The molecule has 1 amide bonds. The van der Waals surface area contributed by atoms with Crippen molar-refractivity contribution in [3.8, 4) is 11.1 Å². The van der Waals surface area contributed by atoms with E-state index in [4.69, 9.17) is 0 Å². The monoisotopic (exact) mass is 607 g/mol. The van der Waals surface area contributed by atoms with Crippen molar-refractivity contribution < 1.29 is 31.1 Å². The Morgan fingerprint density at radius 3 is 2.57 bits per heavy atom. The van der Waals surface area contributed by atoms with Crippen molar-refractivity contribution in [2.45, 2.75) is 43.7 Å². The zero-order valence-corrected chi connectivity index (χ0v) is 22.8. The van der Waals surface area contributed by atoms with E-state index in [-0.39, 0.29) is 24.0 Å². The van der Waals surface area contributed by atoms with Gasteiger partial charge in [-0.1, -0.05) is 24.3 Å². The predicted octanol–water partition coefficient (Wildman–Crippen LogP) is 7.02. The average molecular weight is 608 g/mol. The van der Waals surface area contributed by atoms with Gasteiger partial charge in [-0.05, 0) is 59.5 Å². The summed E-state index contributed by atoms with van der Waals surface area (Å²) in [6.07, 6.45) is 1.68. The lowest BCUT2D eigenvalue weighted by molar-refractivity contribution is -0.122. The SMILES string of the molecule is O=C(Cn1nc2c(c1C(F)F)C1CC1C2(F)F)N[C@@H](Cc1cc(F)cc(F)c1)c1ncccc1-c1cccc2cnccc12. The number of aromatic nitrogens is 4. The molecular weight excluding hydrogens is 584 g/mol. The summed E-state index contributed by atoms with van der Waals surface area (Å²) in [6, 6.07) is 12.8. The molecule has 2 aliphatic rings. The maximum atomic E-state index is 14.7. The van der Waals surface area contributed by atoms with Crippen molar-refractivity contribution in [1.82, 2.24) is 25.1 Å². The van der Waals surface area contributed by atoms with Crippen LogP contribution in [-0.2, 0) is 23.7 Å². The summed E-state index contributed by atoms with van der Waals surface area (Å²) in [5, 5.41) is 8.21. The molecule has 2 aliphatic carbocycles. The fourth-order valence-electron chi connectivity index (χ4n) is 6.38. The lowest BCUT2D eigenvalue weighted by Crippen LogP contribution is -2.34. The number of nitrogens with zero attached hydrogens (tertiary/aromatic N) is 4. The molecule has 0 aliphatic heterocycles. The van der Waals surface area contributed by atoms with Crippen LogP contribution in [0.5, 0.6) is 0 Å². The fraction of sp³-hybridized carbons (Fsp3) is 0.250. The molecular formula is C32H23F6N5O. The molecule has 1 fully saturated rings. The molecule has 1 saturated carbocycles. The molecule has 2 unspecified atom stereocenters. The molecule has 3 atom stereocenters. The molecule has 3 heterocycles. The van der Waals surface area contributed by atoms with Crippen LogP contribution in [0.4, 0.5) is 26.3 Å². The normalized spacial score (nSPS) is 18.7. The Bertz CT molecular complexity index is 1900. The van der Waals surface area contributed by atoms with Crippen LogP contribution in [0.2, 0.25) is 0 Å². The van der Waals surface area contributed by atoms with E-state index in [1.54, 1.807) is 24.5 Å². The Morgan fingerprint density at radius 1 is 1.02 bits per heavy atom. The molecule has 7 rings (SSSR count). The second-order valence-corrected chi connectivity index (χ2v) is 11.1. The number of benzene rings is 2. The van der Waals surface area contributed by atoms with E-state index in [0.717, 1.165) is 34.5 Å². The number of fused-ring (bicyclic) bond motifs is 4. The molecule has 44 heavy (non-hydrogen) atoms. The van der Waals surface area contributed by atoms with Gasteiger partial charge in [-0.15, -0.1) is 0 Å². The minimum Gasteiger partial charge on any atom is -0.346 e. The number of halogens is 6. The van der Waals surface area contributed by atoms with Crippen molar-refractivity contribution in [3.63, 3.8) is 0 Å². The molecule has 2 aromatic carbocycles. The Kier molecular flexibility index (Phi) is 6.67. The van der Waals surface area contributed by atoms with E-state index >= 15 is 0 Å². The summed E-state index contributed by atoms with van der Waals surface area (Å²) >= 11 is 0. The standard InChI is InChI=1S/C32H23F6N5O/c33-18-9-16(10-19(34)12-18)11-25(28-22(5-2-7-40-28)21-4-1-3-17-14-39-8-6-20(17)21)41-26(44)15-43-29(31(35)36)27-23-13-24(23)32(37,38)30(27)42-43/h1-10,12,14,23-25,31H,11,13,15H2,(H,41,44)/t23?,24?,25-/m0/s1. The highest BCUT2D eigenvalue weighted by molar-refractivity contribution is 5.96. The first kappa shape index (κ1) is 28.1. The zero-order valence-electron chi connectivity index (χ0n) is 22.8. The van der Waals surface area contributed by atoms with Crippen molar-refractivity contribution in [1.29, 1.82) is 0 Å². The third-order valence-electron chi connectivity index (χ3n) is 8.31. The lowest BCUT2D eigenvalue weighted by atomic mass is 9.93. The van der Waals surface area contributed by atoms with E-state index in [0.29, 0.717) is 15.9 Å². The lowest BCUT2D eigenvalue weighted by Gasteiger charge is -2.22. The van der Waals surface area contributed by atoms with Crippen LogP contribution < -0.4 is 5.32 Å². The molecule has 3 aromatic heterocycles. The number of carbonyl (C=O) groups is 1. The first-order valence-electron chi connectivity index (χ1n) is 13.9. The van der Waals surface area contributed by atoms with Crippen molar-refractivity contribution in [3.05, 3.63) is 113 Å². The van der Waals surface area contributed by atoms with Crippen LogP contribution in [0, 0.1) is 17.6 Å². The third-order valence-corrected chi connectivity index (χ3v) is 8.31. The minimum absolute atomic E-state index is 0.0938. The number of hydrogen-bond acceptors (Lipinski definition) is 4. The Balaban J connectivity index is 1.27. The maximum absolute atomic E-state index is 14.7. The second-order valence-electron chi connectivity index (χ2n) is 11.1. The van der Waals surface area contributed by atoms with Crippen LogP contribution in [0.3, 0.4) is 0 Å². The van der Waals surface area contributed by atoms with Gasteiger partial charge in [0.25, 0.3) is 12.3 Å². The highest BCUT2D eigenvalue weighted by Crippen LogP contribution is 2.67. The van der Waals surface area contributed by atoms with E-state index in [9.17, 15) is 31.1 Å². The molecule has 12 heteroatoms. The zero-order chi connectivity index (χ0) is 30.7. The number of nitrogens with one attached hydrogen (secondary N) is 1. The molecule has 0 bridgehead atoms. The number of pyridine rings is 2. The van der Waals surface area contributed by atoms with Gasteiger partial charge in [0, 0.05) is 47.1 Å². The Hall–Kier alpha value is -4.74. The van der Waals surface area contributed by atoms with Gasteiger partial charge < -0.3 is 5.32 Å². The number of rotatable bonds is 8. The van der Waals surface area contributed by atoms with Crippen LogP contribution in [0.15, 0.2) is 73.2 Å². The van der Waals surface area contributed by atoms with Crippen molar-refractivity contribution in [2.75, 3.05) is 0 Å². The van der Waals surface area contributed by atoms with Crippen molar-refractivity contribution >= 4 is 16.7 Å². The summed E-state index contributed by atoms with van der Waals surface area (Å²) < 4.78 is 86.7. The Labute approximate surface area is 246 Å². The van der Waals surface area contributed by atoms with Gasteiger partial charge in [0.05, 0.1) is 11.7 Å². The summed E-state index contributed by atoms with van der Waals surface area (Å²) in [5.74, 6) is -7.54. The summed E-state index contributed by atoms with van der Waals surface area (Å²) in [6.45, 7) is -0.768. The Morgan fingerprint density at radius 2 is 1.80 bits per heavy atom. The summed E-state index contributed by atoms with van der Waals surface area (Å²) in [5.41, 5.74) is 0.348. The van der Waals surface area contributed by atoms with Gasteiger partial charge >= 0.3 is 0 Å². The number of alkyl halides is 4. The topological polar surface area (TPSA) is 72.7 Å². The van der Waals surface area contributed by atoms with Gasteiger partial charge in [0.1, 0.15) is 29.6 Å². The first-order valence-corrected chi connectivity index (χ1v) is 13.9. The van der Waals surface area contributed by atoms with Gasteiger partial charge in [-0.2, -0.15) is 13.9 Å². The maximum Gasteiger partial charge on any atom is 0.295 e. The van der Waals surface area contributed by atoms with E-state index in [1.165, 1.54) is 6.20 Å². The predicted molar refractivity (Wildman–Crippen MR) is 148 cm³/mol. The van der Waals surface area contributed by atoms with E-state index < -0.39 is 65.7 Å². The molecule has 0 radical (unpaired) electrons. The molecule has 0 spiro atoms. The van der Waals surface area contributed by atoms with Crippen molar-refractivity contribution in [2.24, 2.45) is 5.92 Å². The molecule has 1 N–H and O–H groups in total. The molecule has 5 aromatic rings. The molecule has 6 nitrogen and oxygen atoms in total. The van der Waals surface area contributed by atoms with Gasteiger partial charge in [-0.25, -0.2) is 17.6 Å². The fourth-order valence-corrected chi connectivity index (χ4v) is 6.38. The average Bonchev–Trinajstić information content (AvgIpc) is 3.65. The third kappa shape index (κ3) is 4.78. The summed E-state index contributed by atoms with van der Waals surface area (Å²) in [4.78, 5) is 22.1. The summed E-state index contributed by atoms with van der Waals surface area (Å²) in [7, 11) is 0. The largest absolute Gasteiger partial charge is 0.346 e. The first-order chi connectivity index (χ1) is 21.1. The number of amides is 1. The minimum atomic E-state index is -3.34. The second kappa shape index (κ2) is 10.5. The van der Waals surface area contributed by atoms with Crippen LogP contribution in [0.1, 0.15) is 53.0 Å². The molecule has 0 saturated heterocycles. The van der Waals surface area contributed by atoms with E-state index in [1.807, 2.05) is 24.3 Å². The van der Waals surface area contributed by atoms with Gasteiger partial charge in [0.2, 0.25) is 5.91 Å². The van der Waals surface area contributed by atoms with Crippen LogP contribution in [0.25, 0.3) is 21.9 Å². The highest BCUT2D eigenvalue weighted by atomic mass is 19.3. The van der Waals surface area contributed by atoms with Crippen LogP contribution in [-0.4, -0.2) is 25.7 Å². The van der Waals surface area contributed by atoms with E-state index in [2.05, 4.69) is 20.4 Å². The number of hydrogen-bond donors (Lipinski definition) is 1. The van der Waals surface area contributed by atoms with Crippen LogP contribution >= 0.6 is 0 Å². The van der Waals surface area contributed by atoms with Gasteiger partial charge in [-0.3, -0.25) is 19.4 Å². The quantitative estimate of drug-likeness (QED) is 0.193. The smallest absolute Gasteiger partial charge is 0.295 e. The molecule has 224 valence electrons. The van der Waals surface area contributed by atoms with Gasteiger partial charge in [0.15, 0.2) is 0 Å². The highest BCUT2D eigenvalue weighted by Gasteiger charge is 2.67.